The van der Waals surface area contributed by atoms with E-state index in [2.05, 4.69) is 10.3 Å². The summed E-state index contributed by atoms with van der Waals surface area (Å²) in [5.41, 5.74) is 2.08. The van der Waals surface area contributed by atoms with E-state index < -0.39 is 17.8 Å². The number of hydrogen-bond donors (Lipinski definition) is 3. The van der Waals surface area contributed by atoms with Crippen molar-refractivity contribution in [3.05, 3.63) is 47.5 Å². The van der Waals surface area contributed by atoms with E-state index in [4.69, 9.17) is 5.84 Å². The molecule has 0 radical (unpaired) electrons. The largest absolute Gasteiger partial charge is 0.386 e. The van der Waals surface area contributed by atoms with Gasteiger partial charge in [0.1, 0.15) is 11.9 Å². The second-order valence-electron chi connectivity index (χ2n) is 3.84. The second-order valence-corrected chi connectivity index (χ2v) is 3.84. The first-order chi connectivity index (χ1) is 9.11. The van der Waals surface area contributed by atoms with E-state index in [1.165, 1.54) is 29.1 Å². The van der Waals surface area contributed by atoms with Crippen molar-refractivity contribution >= 4 is 5.91 Å². The van der Waals surface area contributed by atoms with Gasteiger partial charge in [-0.3, -0.25) is 10.2 Å². The minimum absolute atomic E-state index is 0.0169. The highest BCUT2D eigenvalue weighted by atomic mass is 19.1. The van der Waals surface area contributed by atoms with Gasteiger partial charge < -0.3 is 5.11 Å². The molecule has 0 spiro atoms. The van der Waals surface area contributed by atoms with E-state index >= 15 is 0 Å². The van der Waals surface area contributed by atoms with Crippen LogP contribution < -0.4 is 11.3 Å². The molecule has 7 nitrogen and oxygen atoms in total. The van der Waals surface area contributed by atoms with Crippen LogP contribution in [-0.4, -0.2) is 26.0 Å². The molecule has 1 aromatic heterocycles. The molecule has 0 aliphatic heterocycles. The van der Waals surface area contributed by atoms with Crippen LogP contribution in [0, 0.1) is 5.82 Å². The Bertz CT molecular complexity index is 586. The van der Waals surface area contributed by atoms with Gasteiger partial charge in [-0.15, -0.1) is 5.10 Å². The predicted molar refractivity (Wildman–Crippen MR) is 63.0 cm³/mol. The number of benzene rings is 1. The minimum atomic E-state index is -1.09. The van der Waals surface area contributed by atoms with Gasteiger partial charge in [-0.05, 0) is 6.07 Å². The van der Waals surface area contributed by atoms with Crippen molar-refractivity contribution in [1.82, 2.24) is 20.4 Å². The minimum Gasteiger partial charge on any atom is -0.386 e. The number of halogens is 1. The number of hydrogen-bond acceptors (Lipinski definition) is 5. The van der Waals surface area contributed by atoms with Crippen LogP contribution in [0.25, 0.3) is 0 Å². The lowest BCUT2D eigenvalue weighted by Gasteiger charge is -2.11. The molecule has 100 valence electrons. The fourth-order valence-corrected chi connectivity index (χ4v) is 1.59. The molecule has 19 heavy (non-hydrogen) atoms. The normalized spacial score (nSPS) is 12.2. The van der Waals surface area contributed by atoms with Crippen molar-refractivity contribution in [1.29, 1.82) is 0 Å². The fourth-order valence-electron chi connectivity index (χ4n) is 1.59. The topological polar surface area (TPSA) is 106 Å². The zero-order valence-corrected chi connectivity index (χ0v) is 9.82. The first-order valence-corrected chi connectivity index (χ1v) is 5.45. The number of nitrogen functional groups attached to an aromatic ring is 1. The van der Waals surface area contributed by atoms with Crippen molar-refractivity contribution in [2.45, 2.75) is 12.6 Å². The Morgan fingerprint density at radius 3 is 2.95 bits per heavy atom. The molecular formula is C11H12FN5O2. The maximum Gasteiger partial charge on any atom is 0.287 e. The third-order valence-corrected chi connectivity index (χ3v) is 2.53. The summed E-state index contributed by atoms with van der Waals surface area (Å²) >= 11 is 0. The van der Waals surface area contributed by atoms with Crippen LogP contribution in [-0.2, 0) is 6.54 Å². The maximum absolute atomic E-state index is 13.4. The standard InChI is InChI=1S/C11H12FN5O2/c12-8-4-2-1-3-7(8)10(18)6-17-5-9(15-16-17)11(19)14-13/h1-5,10,18H,6,13H2,(H,14,19). The van der Waals surface area contributed by atoms with Gasteiger partial charge in [0.15, 0.2) is 5.69 Å². The molecule has 0 aliphatic carbocycles. The molecule has 4 N–H and O–H groups in total. The number of carbonyl (C=O) groups is 1. The highest BCUT2D eigenvalue weighted by Crippen LogP contribution is 2.17. The van der Waals surface area contributed by atoms with Crippen LogP contribution in [0.3, 0.4) is 0 Å². The van der Waals surface area contributed by atoms with Crippen LogP contribution in [0.2, 0.25) is 0 Å². The fraction of sp³-hybridized carbons (Fsp3) is 0.182. The van der Waals surface area contributed by atoms with E-state index in [0.29, 0.717) is 0 Å². The molecule has 0 fully saturated rings. The first-order valence-electron chi connectivity index (χ1n) is 5.45. The molecule has 1 unspecified atom stereocenters. The van der Waals surface area contributed by atoms with Crippen molar-refractivity contribution in [2.24, 2.45) is 5.84 Å². The summed E-state index contributed by atoms with van der Waals surface area (Å²) in [5.74, 6) is 3.85. The van der Waals surface area contributed by atoms with Crippen molar-refractivity contribution in [2.75, 3.05) is 0 Å². The van der Waals surface area contributed by atoms with E-state index in [1.54, 1.807) is 6.07 Å². The monoisotopic (exact) mass is 265 g/mol. The summed E-state index contributed by atoms with van der Waals surface area (Å²) in [4.78, 5) is 11.2. The lowest BCUT2D eigenvalue weighted by atomic mass is 10.1. The van der Waals surface area contributed by atoms with Gasteiger partial charge in [-0.2, -0.15) is 0 Å². The summed E-state index contributed by atoms with van der Waals surface area (Å²) in [7, 11) is 0. The number of nitrogens with zero attached hydrogens (tertiary/aromatic N) is 3. The summed E-state index contributed by atoms with van der Waals surface area (Å²) in [6, 6.07) is 5.89. The van der Waals surface area contributed by atoms with Crippen LogP contribution in [0.15, 0.2) is 30.5 Å². The van der Waals surface area contributed by atoms with E-state index in [1.807, 2.05) is 5.43 Å². The molecule has 2 aromatic rings. The van der Waals surface area contributed by atoms with Crippen LogP contribution in [0.5, 0.6) is 0 Å². The average molecular weight is 265 g/mol. The lowest BCUT2D eigenvalue weighted by molar-refractivity contribution is 0.0948. The molecule has 1 amide bonds. The Morgan fingerprint density at radius 1 is 1.53 bits per heavy atom. The van der Waals surface area contributed by atoms with Gasteiger partial charge in [0.2, 0.25) is 0 Å². The Hall–Kier alpha value is -2.32. The van der Waals surface area contributed by atoms with Gasteiger partial charge in [0.05, 0.1) is 12.7 Å². The van der Waals surface area contributed by atoms with Gasteiger partial charge in [0, 0.05) is 5.56 Å². The SMILES string of the molecule is NNC(=O)c1cn(CC(O)c2ccccc2F)nn1. The number of hydrazine groups is 1. The molecule has 1 aromatic carbocycles. The van der Waals surface area contributed by atoms with Gasteiger partial charge in [0.25, 0.3) is 5.91 Å². The van der Waals surface area contributed by atoms with Crippen molar-refractivity contribution in [3.8, 4) is 0 Å². The van der Waals surface area contributed by atoms with E-state index in [-0.39, 0.29) is 17.8 Å². The van der Waals surface area contributed by atoms with Crippen LogP contribution >= 0.6 is 0 Å². The summed E-state index contributed by atoms with van der Waals surface area (Å²) in [5, 5.41) is 17.1. The number of nitrogens with two attached hydrogens (primary N) is 1. The maximum atomic E-state index is 13.4. The molecule has 1 heterocycles. The summed E-state index contributed by atoms with van der Waals surface area (Å²) < 4.78 is 14.7. The van der Waals surface area contributed by atoms with Crippen LogP contribution in [0.4, 0.5) is 4.39 Å². The summed E-state index contributed by atoms with van der Waals surface area (Å²) in [6.45, 7) is -0.0220. The number of aliphatic hydroxyl groups excluding tert-OH is 1. The van der Waals surface area contributed by atoms with E-state index in [0.717, 1.165) is 0 Å². The number of nitrogens with one attached hydrogen (secondary N) is 1. The van der Waals surface area contributed by atoms with Gasteiger partial charge >= 0.3 is 0 Å². The number of aliphatic hydroxyl groups is 1. The van der Waals surface area contributed by atoms with Crippen molar-refractivity contribution < 1.29 is 14.3 Å². The lowest BCUT2D eigenvalue weighted by Crippen LogP contribution is -2.30. The summed E-state index contributed by atoms with van der Waals surface area (Å²) in [6.07, 6.45) is 0.225. The molecular weight excluding hydrogens is 253 g/mol. The highest BCUT2D eigenvalue weighted by molar-refractivity contribution is 5.91. The number of amides is 1. The average Bonchev–Trinajstić information content (AvgIpc) is 2.86. The molecule has 0 aliphatic rings. The van der Waals surface area contributed by atoms with Crippen LogP contribution in [0.1, 0.15) is 22.2 Å². The zero-order valence-electron chi connectivity index (χ0n) is 9.82. The van der Waals surface area contributed by atoms with Crippen molar-refractivity contribution in [3.63, 3.8) is 0 Å². The predicted octanol–water partition coefficient (Wildman–Crippen LogP) is -0.246. The Balaban J connectivity index is 2.11. The highest BCUT2D eigenvalue weighted by Gasteiger charge is 2.15. The Kier molecular flexibility index (Phi) is 3.83. The zero-order chi connectivity index (χ0) is 13.8. The molecule has 2 rings (SSSR count). The third kappa shape index (κ3) is 2.92. The smallest absolute Gasteiger partial charge is 0.287 e. The molecule has 0 saturated heterocycles. The number of carbonyl (C=O) groups excluding carboxylic acids is 1. The third-order valence-electron chi connectivity index (χ3n) is 2.53. The number of aromatic nitrogens is 3. The Labute approximate surface area is 107 Å². The molecule has 8 heteroatoms. The number of rotatable bonds is 4. The quantitative estimate of drug-likeness (QED) is 0.401. The van der Waals surface area contributed by atoms with E-state index in [9.17, 15) is 14.3 Å². The van der Waals surface area contributed by atoms with Gasteiger partial charge in [-0.1, -0.05) is 23.4 Å². The first kappa shape index (κ1) is 13.1. The molecule has 1 atom stereocenters. The van der Waals surface area contributed by atoms with Gasteiger partial charge in [-0.25, -0.2) is 14.9 Å². The Morgan fingerprint density at radius 2 is 2.26 bits per heavy atom. The second kappa shape index (κ2) is 5.55. The molecule has 0 bridgehead atoms. The molecule has 0 saturated carbocycles.